The Morgan fingerprint density at radius 1 is 1.12 bits per heavy atom. The number of carbonyl (C=O) groups is 2. The minimum atomic E-state index is -0.933. The summed E-state index contributed by atoms with van der Waals surface area (Å²) in [7, 11) is 0. The smallest absolute Gasteiger partial charge is 0.339 e. The van der Waals surface area contributed by atoms with Gasteiger partial charge in [-0.15, -0.1) is 0 Å². The average molecular weight is 369 g/mol. The molecule has 1 amide bonds. The molecule has 3 rings (SSSR count). The quantitative estimate of drug-likeness (QED) is 0.550. The summed E-state index contributed by atoms with van der Waals surface area (Å²) in [4.78, 5) is 28.9. The van der Waals surface area contributed by atoms with Crippen LogP contribution in [0.25, 0.3) is 10.9 Å². The Morgan fingerprint density at radius 2 is 1.81 bits per heavy atom. The number of nitrogens with zero attached hydrogens (tertiary/aromatic N) is 1. The number of fused-ring (bicyclic) bond motifs is 1. The van der Waals surface area contributed by atoms with Gasteiger partial charge in [-0.25, -0.2) is 9.78 Å². The van der Waals surface area contributed by atoms with Gasteiger partial charge in [-0.1, -0.05) is 60.1 Å². The third-order valence-corrected chi connectivity index (χ3v) is 4.06. The second-order valence-electron chi connectivity index (χ2n) is 5.76. The molecule has 0 aliphatic carbocycles. The van der Waals surface area contributed by atoms with E-state index in [2.05, 4.69) is 10.3 Å². The first-order valence-corrected chi connectivity index (χ1v) is 8.50. The molecule has 0 unspecified atom stereocenters. The number of nitrogens with one attached hydrogen (secondary N) is 1. The van der Waals surface area contributed by atoms with E-state index in [4.69, 9.17) is 16.3 Å². The van der Waals surface area contributed by atoms with Crippen molar-refractivity contribution >= 4 is 34.4 Å². The maximum Gasteiger partial charge on any atom is 0.339 e. The molecule has 1 N–H and O–H groups in total. The zero-order valence-electron chi connectivity index (χ0n) is 14.1. The number of ether oxygens (including phenoxy) is 1. The van der Waals surface area contributed by atoms with E-state index in [1.165, 1.54) is 13.0 Å². The van der Waals surface area contributed by atoms with Crippen molar-refractivity contribution in [1.29, 1.82) is 0 Å². The van der Waals surface area contributed by atoms with Gasteiger partial charge in [0.05, 0.1) is 11.1 Å². The van der Waals surface area contributed by atoms with Crippen LogP contribution in [0.1, 0.15) is 22.8 Å². The first-order chi connectivity index (χ1) is 12.5. The number of pyridine rings is 1. The maximum atomic E-state index is 12.5. The highest BCUT2D eigenvalue weighted by Crippen LogP contribution is 2.22. The Kier molecular flexibility index (Phi) is 5.49. The number of benzene rings is 2. The molecular weight excluding hydrogens is 352 g/mol. The van der Waals surface area contributed by atoms with E-state index in [0.717, 1.165) is 5.56 Å². The van der Waals surface area contributed by atoms with E-state index in [1.54, 1.807) is 24.3 Å². The van der Waals surface area contributed by atoms with Crippen LogP contribution in [-0.2, 0) is 16.1 Å². The summed E-state index contributed by atoms with van der Waals surface area (Å²) >= 11 is 5.99. The molecule has 0 bridgehead atoms. The Labute approximate surface area is 156 Å². The van der Waals surface area contributed by atoms with Crippen molar-refractivity contribution in [3.63, 3.8) is 0 Å². The molecule has 1 atom stereocenters. The largest absolute Gasteiger partial charge is 0.449 e. The van der Waals surface area contributed by atoms with Crippen molar-refractivity contribution in [3.05, 3.63) is 76.9 Å². The summed E-state index contributed by atoms with van der Waals surface area (Å²) in [6.07, 6.45) is -0.933. The second-order valence-corrected chi connectivity index (χ2v) is 6.15. The lowest BCUT2D eigenvalue weighted by atomic mass is 10.1. The zero-order valence-corrected chi connectivity index (χ0v) is 14.9. The second kappa shape index (κ2) is 7.97. The summed E-state index contributed by atoms with van der Waals surface area (Å²) in [5, 5.41) is 3.56. The van der Waals surface area contributed by atoms with Crippen LogP contribution in [0.15, 0.2) is 60.7 Å². The number of esters is 1. The van der Waals surface area contributed by atoms with Gasteiger partial charge in [0.1, 0.15) is 5.15 Å². The molecule has 6 heteroatoms. The number of halogens is 1. The van der Waals surface area contributed by atoms with Gasteiger partial charge < -0.3 is 10.1 Å². The predicted octanol–water partition coefficient (Wildman–Crippen LogP) is 3.75. The highest BCUT2D eigenvalue weighted by atomic mass is 35.5. The molecule has 0 aliphatic rings. The third-order valence-electron chi connectivity index (χ3n) is 3.87. The van der Waals surface area contributed by atoms with Crippen LogP contribution in [0, 0.1) is 0 Å². The molecule has 2 aromatic carbocycles. The fourth-order valence-electron chi connectivity index (χ4n) is 2.52. The van der Waals surface area contributed by atoms with Crippen LogP contribution < -0.4 is 5.32 Å². The summed E-state index contributed by atoms with van der Waals surface area (Å²) in [5.74, 6) is -0.987. The summed E-state index contributed by atoms with van der Waals surface area (Å²) in [6.45, 7) is 1.90. The highest BCUT2D eigenvalue weighted by Gasteiger charge is 2.21. The molecule has 0 fully saturated rings. The molecule has 132 valence electrons. The number of amides is 1. The number of hydrogen-bond acceptors (Lipinski definition) is 4. The molecule has 26 heavy (non-hydrogen) atoms. The van der Waals surface area contributed by atoms with E-state index < -0.39 is 12.1 Å². The SMILES string of the molecule is C[C@H](OC(=O)c1cc(Cl)nc2ccccc12)C(=O)NCc1ccccc1. The van der Waals surface area contributed by atoms with Gasteiger partial charge in [0.25, 0.3) is 5.91 Å². The lowest BCUT2D eigenvalue weighted by Crippen LogP contribution is -2.35. The topological polar surface area (TPSA) is 68.3 Å². The van der Waals surface area contributed by atoms with E-state index in [-0.39, 0.29) is 16.6 Å². The van der Waals surface area contributed by atoms with Gasteiger partial charge in [0.2, 0.25) is 0 Å². The minimum Gasteiger partial charge on any atom is -0.449 e. The molecule has 0 aliphatic heterocycles. The van der Waals surface area contributed by atoms with Crippen molar-refractivity contribution in [2.45, 2.75) is 19.6 Å². The van der Waals surface area contributed by atoms with Crippen molar-refractivity contribution in [2.24, 2.45) is 0 Å². The van der Waals surface area contributed by atoms with Crippen LogP contribution in [0.2, 0.25) is 5.15 Å². The van der Waals surface area contributed by atoms with E-state index in [9.17, 15) is 9.59 Å². The van der Waals surface area contributed by atoms with E-state index in [0.29, 0.717) is 17.4 Å². The van der Waals surface area contributed by atoms with Gasteiger partial charge in [0.15, 0.2) is 6.10 Å². The average Bonchev–Trinajstić information content (AvgIpc) is 2.66. The van der Waals surface area contributed by atoms with Crippen LogP contribution >= 0.6 is 11.6 Å². The normalized spacial score (nSPS) is 11.8. The monoisotopic (exact) mass is 368 g/mol. The molecule has 0 saturated heterocycles. The van der Waals surface area contributed by atoms with Crippen LogP contribution in [0.5, 0.6) is 0 Å². The van der Waals surface area contributed by atoms with Crippen molar-refractivity contribution < 1.29 is 14.3 Å². The molecule has 0 radical (unpaired) electrons. The van der Waals surface area contributed by atoms with Crippen molar-refractivity contribution in [2.75, 3.05) is 0 Å². The molecule has 0 spiro atoms. The number of rotatable bonds is 5. The highest BCUT2D eigenvalue weighted by molar-refractivity contribution is 6.30. The molecule has 0 saturated carbocycles. The number of para-hydroxylation sites is 1. The molecule has 5 nitrogen and oxygen atoms in total. The molecule has 3 aromatic rings. The van der Waals surface area contributed by atoms with E-state index in [1.807, 2.05) is 30.3 Å². The van der Waals surface area contributed by atoms with E-state index >= 15 is 0 Å². The van der Waals surface area contributed by atoms with Crippen LogP contribution in [0.3, 0.4) is 0 Å². The summed E-state index contributed by atoms with van der Waals surface area (Å²) in [5.41, 5.74) is 1.84. The van der Waals surface area contributed by atoms with Gasteiger partial charge in [0, 0.05) is 11.9 Å². The lowest BCUT2D eigenvalue weighted by Gasteiger charge is -2.14. The molecular formula is C20H17ClN2O3. The van der Waals surface area contributed by atoms with Gasteiger partial charge in [-0.3, -0.25) is 4.79 Å². The lowest BCUT2D eigenvalue weighted by molar-refractivity contribution is -0.129. The Morgan fingerprint density at radius 3 is 2.58 bits per heavy atom. The number of hydrogen-bond donors (Lipinski definition) is 1. The van der Waals surface area contributed by atoms with Crippen molar-refractivity contribution in [1.82, 2.24) is 10.3 Å². The minimum absolute atomic E-state index is 0.192. The maximum absolute atomic E-state index is 12.5. The first-order valence-electron chi connectivity index (χ1n) is 8.12. The molecule has 1 heterocycles. The third kappa shape index (κ3) is 4.18. The first kappa shape index (κ1) is 17.9. The Balaban J connectivity index is 1.68. The Hall–Kier alpha value is -2.92. The molecule has 1 aromatic heterocycles. The van der Waals surface area contributed by atoms with Crippen molar-refractivity contribution in [3.8, 4) is 0 Å². The fraction of sp³-hybridized carbons (Fsp3) is 0.150. The standard InChI is InChI=1S/C20H17ClN2O3/c1-13(19(24)22-12-14-7-3-2-4-8-14)26-20(25)16-11-18(21)23-17-10-6-5-9-15(16)17/h2-11,13H,12H2,1H3,(H,22,24)/t13-/m0/s1. The fourth-order valence-corrected chi connectivity index (χ4v) is 2.72. The van der Waals surface area contributed by atoms with Gasteiger partial charge in [-0.05, 0) is 24.6 Å². The zero-order chi connectivity index (χ0) is 18.5. The van der Waals surface area contributed by atoms with Crippen LogP contribution in [0.4, 0.5) is 0 Å². The summed E-state index contributed by atoms with van der Waals surface area (Å²) in [6, 6.07) is 18.1. The number of aromatic nitrogens is 1. The van der Waals surface area contributed by atoms with Gasteiger partial charge >= 0.3 is 5.97 Å². The number of carbonyl (C=O) groups excluding carboxylic acids is 2. The Bertz CT molecular complexity index is 944. The van der Waals surface area contributed by atoms with Gasteiger partial charge in [-0.2, -0.15) is 0 Å². The summed E-state index contributed by atoms with van der Waals surface area (Å²) < 4.78 is 5.31. The van der Waals surface area contributed by atoms with Crippen LogP contribution in [-0.4, -0.2) is 23.0 Å². The predicted molar refractivity (Wildman–Crippen MR) is 99.9 cm³/mol.